The maximum Gasteiger partial charge on any atom is 0.220 e. The van der Waals surface area contributed by atoms with E-state index in [1.54, 1.807) is 0 Å². The van der Waals surface area contributed by atoms with Gasteiger partial charge in [-0.2, -0.15) is 0 Å². The number of rotatable bonds is 7. The van der Waals surface area contributed by atoms with Crippen molar-refractivity contribution in [2.24, 2.45) is 0 Å². The van der Waals surface area contributed by atoms with Crippen LogP contribution in [0.3, 0.4) is 0 Å². The van der Waals surface area contributed by atoms with Gasteiger partial charge in [0.15, 0.2) is 0 Å². The third-order valence-electron chi connectivity index (χ3n) is 3.39. The number of nitrogens with one attached hydrogen (secondary N) is 1. The van der Waals surface area contributed by atoms with E-state index in [4.69, 9.17) is 0 Å². The molecule has 0 bridgehead atoms. The highest BCUT2D eigenvalue weighted by molar-refractivity contribution is 5.76. The molecule has 2 rings (SSSR count). The van der Waals surface area contributed by atoms with Crippen LogP contribution in [-0.4, -0.2) is 23.7 Å². The minimum atomic E-state index is -0.226. The standard InChI is InChI=1S/C18H21NO2/c20-14-17(13-16-9-5-2-6-10-16)19-18(21)12-11-15-7-3-1-4-8-15/h1-10,17,20H,11-14H2,(H,19,21)/t17-/m1/s1. The van der Waals surface area contributed by atoms with Gasteiger partial charge < -0.3 is 10.4 Å². The number of hydrogen-bond donors (Lipinski definition) is 2. The summed E-state index contributed by atoms with van der Waals surface area (Å²) in [4.78, 5) is 12.0. The second-order valence-electron chi connectivity index (χ2n) is 5.12. The minimum absolute atomic E-state index is 0.0196. The monoisotopic (exact) mass is 283 g/mol. The van der Waals surface area contributed by atoms with Gasteiger partial charge in [0.2, 0.25) is 5.91 Å². The average molecular weight is 283 g/mol. The fourth-order valence-corrected chi connectivity index (χ4v) is 2.26. The van der Waals surface area contributed by atoms with Gasteiger partial charge in [-0.25, -0.2) is 0 Å². The molecule has 0 heterocycles. The molecule has 2 aromatic carbocycles. The third-order valence-corrected chi connectivity index (χ3v) is 3.39. The predicted octanol–water partition coefficient (Wildman–Crippen LogP) is 2.34. The number of carbonyl (C=O) groups is 1. The molecule has 21 heavy (non-hydrogen) atoms. The minimum Gasteiger partial charge on any atom is -0.394 e. The fraction of sp³-hybridized carbons (Fsp3) is 0.278. The van der Waals surface area contributed by atoms with Gasteiger partial charge in [0, 0.05) is 6.42 Å². The zero-order valence-corrected chi connectivity index (χ0v) is 12.0. The number of aryl methyl sites for hydroxylation is 1. The molecule has 0 aliphatic heterocycles. The average Bonchev–Trinajstić information content (AvgIpc) is 2.54. The molecule has 2 N–H and O–H groups in total. The molecule has 2 aromatic rings. The van der Waals surface area contributed by atoms with Crippen LogP contribution in [0.4, 0.5) is 0 Å². The first-order valence-corrected chi connectivity index (χ1v) is 7.26. The van der Waals surface area contributed by atoms with E-state index in [0.29, 0.717) is 12.8 Å². The molecule has 3 nitrogen and oxygen atoms in total. The third kappa shape index (κ3) is 5.40. The van der Waals surface area contributed by atoms with Crippen molar-refractivity contribution in [3.63, 3.8) is 0 Å². The molecule has 1 atom stereocenters. The van der Waals surface area contributed by atoms with Crippen molar-refractivity contribution in [3.8, 4) is 0 Å². The summed E-state index contributed by atoms with van der Waals surface area (Å²) in [5.41, 5.74) is 2.26. The fourth-order valence-electron chi connectivity index (χ4n) is 2.26. The first kappa shape index (κ1) is 15.3. The highest BCUT2D eigenvalue weighted by Gasteiger charge is 2.12. The van der Waals surface area contributed by atoms with Crippen LogP contribution < -0.4 is 5.32 Å². The lowest BCUT2D eigenvalue weighted by atomic mass is 10.1. The summed E-state index contributed by atoms with van der Waals surface area (Å²) in [5.74, 6) is -0.0196. The quantitative estimate of drug-likeness (QED) is 0.819. The largest absolute Gasteiger partial charge is 0.394 e. The molecule has 0 fully saturated rings. The van der Waals surface area contributed by atoms with Crippen LogP contribution in [0, 0.1) is 0 Å². The summed E-state index contributed by atoms with van der Waals surface area (Å²) in [5, 5.41) is 12.3. The molecular formula is C18H21NO2. The lowest BCUT2D eigenvalue weighted by Gasteiger charge is -2.16. The van der Waals surface area contributed by atoms with Crippen LogP contribution in [0.1, 0.15) is 17.5 Å². The maximum absolute atomic E-state index is 12.0. The summed E-state index contributed by atoms with van der Waals surface area (Å²) < 4.78 is 0. The first-order chi connectivity index (χ1) is 10.3. The topological polar surface area (TPSA) is 49.3 Å². The van der Waals surface area contributed by atoms with Gasteiger partial charge in [0.1, 0.15) is 0 Å². The normalized spacial score (nSPS) is 11.9. The van der Waals surface area contributed by atoms with Crippen LogP contribution in [0.5, 0.6) is 0 Å². The summed E-state index contributed by atoms with van der Waals surface area (Å²) in [6, 6.07) is 19.6. The van der Waals surface area contributed by atoms with Crippen LogP contribution in [0.25, 0.3) is 0 Å². The van der Waals surface area contributed by atoms with Gasteiger partial charge in [-0.3, -0.25) is 4.79 Å². The Labute approximate surface area is 125 Å². The Hall–Kier alpha value is -2.13. The molecule has 1 amide bonds. The van der Waals surface area contributed by atoms with E-state index >= 15 is 0 Å². The van der Waals surface area contributed by atoms with E-state index in [1.807, 2.05) is 60.7 Å². The molecule has 3 heteroatoms. The molecule has 0 unspecified atom stereocenters. The molecule has 0 radical (unpaired) electrons. The van der Waals surface area contributed by atoms with Crippen molar-refractivity contribution in [3.05, 3.63) is 71.8 Å². The molecule has 0 aliphatic carbocycles. The van der Waals surface area contributed by atoms with Gasteiger partial charge >= 0.3 is 0 Å². The number of aliphatic hydroxyl groups is 1. The van der Waals surface area contributed by atoms with Gasteiger partial charge in [0.25, 0.3) is 0 Å². The lowest BCUT2D eigenvalue weighted by molar-refractivity contribution is -0.122. The summed E-state index contributed by atoms with van der Waals surface area (Å²) >= 11 is 0. The number of carbonyl (C=O) groups excluding carboxylic acids is 1. The summed E-state index contributed by atoms with van der Waals surface area (Å²) in [6.07, 6.45) is 1.81. The smallest absolute Gasteiger partial charge is 0.220 e. The van der Waals surface area contributed by atoms with E-state index in [0.717, 1.165) is 17.5 Å². The lowest BCUT2D eigenvalue weighted by Crippen LogP contribution is -2.39. The van der Waals surface area contributed by atoms with Crippen molar-refractivity contribution in [1.82, 2.24) is 5.32 Å². The van der Waals surface area contributed by atoms with Gasteiger partial charge in [0.05, 0.1) is 12.6 Å². The van der Waals surface area contributed by atoms with Crippen molar-refractivity contribution in [1.29, 1.82) is 0 Å². The van der Waals surface area contributed by atoms with Gasteiger partial charge in [-0.05, 0) is 24.0 Å². The number of amides is 1. The number of hydrogen-bond acceptors (Lipinski definition) is 2. The Bertz CT molecular complexity index is 540. The molecule has 0 saturated carbocycles. The molecule has 0 aliphatic rings. The van der Waals surface area contributed by atoms with E-state index in [2.05, 4.69) is 5.32 Å². The van der Waals surface area contributed by atoms with Crippen LogP contribution in [-0.2, 0) is 17.6 Å². The molecule has 0 saturated heterocycles. The Morgan fingerprint density at radius 1 is 0.952 bits per heavy atom. The zero-order chi connectivity index (χ0) is 14.9. The Morgan fingerprint density at radius 3 is 2.10 bits per heavy atom. The van der Waals surface area contributed by atoms with E-state index in [-0.39, 0.29) is 18.6 Å². The Balaban J connectivity index is 1.80. The van der Waals surface area contributed by atoms with E-state index < -0.39 is 0 Å². The summed E-state index contributed by atoms with van der Waals surface area (Å²) in [7, 11) is 0. The van der Waals surface area contributed by atoms with Crippen LogP contribution in [0.2, 0.25) is 0 Å². The van der Waals surface area contributed by atoms with Crippen molar-refractivity contribution < 1.29 is 9.90 Å². The Kier molecular flexibility index (Phi) is 5.98. The maximum atomic E-state index is 12.0. The van der Waals surface area contributed by atoms with E-state index in [9.17, 15) is 9.90 Å². The SMILES string of the molecule is O=C(CCc1ccccc1)N[C@@H](CO)Cc1ccccc1. The first-order valence-electron chi connectivity index (χ1n) is 7.26. The second-order valence-corrected chi connectivity index (χ2v) is 5.12. The van der Waals surface area contributed by atoms with Crippen LogP contribution in [0.15, 0.2) is 60.7 Å². The number of aliphatic hydroxyl groups excluding tert-OH is 1. The van der Waals surface area contributed by atoms with Crippen LogP contribution >= 0.6 is 0 Å². The summed E-state index contributed by atoms with van der Waals surface area (Å²) in [6.45, 7) is -0.0496. The molecule has 0 aromatic heterocycles. The highest BCUT2D eigenvalue weighted by atomic mass is 16.3. The highest BCUT2D eigenvalue weighted by Crippen LogP contribution is 2.05. The molecule has 110 valence electrons. The zero-order valence-electron chi connectivity index (χ0n) is 12.0. The second kappa shape index (κ2) is 8.22. The molecular weight excluding hydrogens is 262 g/mol. The predicted molar refractivity (Wildman–Crippen MR) is 83.9 cm³/mol. The Morgan fingerprint density at radius 2 is 1.52 bits per heavy atom. The van der Waals surface area contributed by atoms with Crippen molar-refractivity contribution >= 4 is 5.91 Å². The van der Waals surface area contributed by atoms with E-state index in [1.165, 1.54) is 0 Å². The van der Waals surface area contributed by atoms with Crippen molar-refractivity contribution in [2.75, 3.05) is 6.61 Å². The van der Waals surface area contributed by atoms with Crippen molar-refractivity contribution in [2.45, 2.75) is 25.3 Å². The number of benzene rings is 2. The van der Waals surface area contributed by atoms with Gasteiger partial charge in [-0.1, -0.05) is 60.7 Å². The molecule has 0 spiro atoms. The van der Waals surface area contributed by atoms with Gasteiger partial charge in [-0.15, -0.1) is 0 Å².